The molecule has 2 aliphatic heterocycles. The third-order valence-corrected chi connectivity index (χ3v) is 4.85. The second kappa shape index (κ2) is 5.56. The molecule has 1 aromatic carbocycles. The molecule has 0 radical (unpaired) electrons. The van der Waals surface area contributed by atoms with Gasteiger partial charge >= 0.3 is 0 Å². The van der Waals surface area contributed by atoms with E-state index in [2.05, 4.69) is 25.2 Å². The van der Waals surface area contributed by atoms with Gasteiger partial charge in [-0.1, -0.05) is 0 Å². The SMILES string of the molecule is COc1ccc(-c2nc(N3CC4=C(CNC4)C3)nc3[nH]cnc23)cc1. The van der Waals surface area contributed by atoms with Crippen molar-refractivity contribution >= 4 is 17.1 Å². The zero-order chi connectivity index (χ0) is 16.8. The van der Waals surface area contributed by atoms with Crippen LogP contribution in [0.4, 0.5) is 5.95 Å². The summed E-state index contributed by atoms with van der Waals surface area (Å²) in [5.74, 6) is 1.57. The molecular formula is C18H18N6O. The maximum Gasteiger partial charge on any atom is 0.228 e. The van der Waals surface area contributed by atoms with E-state index in [1.54, 1.807) is 13.4 Å². The van der Waals surface area contributed by atoms with E-state index in [1.807, 2.05) is 24.3 Å². The molecule has 2 N–H and O–H groups in total. The lowest BCUT2D eigenvalue weighted by Gasteiger charge is -2.19. The summed E-state index contributed by atoms with van der Waals surface area (Å²) in [6.07, 6.45) is 1.67. The number of rotatable bonds is 3. The second-order valence-corrected chi connectivity index (χ2v) is 6.37. The van der Waals surface area contributed by atoms with Crippen molar-refractivity contribution in [1.82, 2.24) is 25.3 Å². The smallest absolute Gasteiger partial charge is 0.228 e. The molecule has 0 unspecified atom stereocenters. The molecule has 126 valence electrons. The summed E-state index contributed by atoms with van der Waals surface area (Å²) in [7, 11) is 1.66. The fraction of sp³-hybridized carbons (Fsp3) is 0.278. The van der Waals surface area contributed by atoms with Crippen LogP contribution in [0.15, 0.2) is 41.7 Å². The highest BCUT2D eigenvalue weighted by molar-refractivity contribution is 5.88. The van der Waals surface area contributed by atoms with Crippen molar-refractivity contribution < 1.29 is 4.74 Å². The second-order valence-electron chi connectivity index (χ2n) is 6.37. The molecule has 0 bridgehead atoms. The number of aromatic nitrogens is 4. The number of hydrogen-bond donors (Lipinski definition) is 2. The minimum absolute atomic E-state index is 0.747. The zero-order valence-electron chi connectivity index (χ0n) is 13.9. The molecule has 0 saturated carbocycles. The van der Waals surface area contributed by atoms with Crippen LogP contribution in [0, 0.1) is 0 Å². The Balaban J connectivity index is 1.57. The minimum Gasteiger partial charge on any atom is -0.497 e. The normalized spacial score (nSPS) is 16.8. The lowest BCUT2D eigenvalue weighted by molar-refractivity contribution is 0.415. The first-order valence-corrected chi connectivity index (χ1v) is 8.33. The lowest BCUT2D eigenvalue weighted by atomic mass is 10.1. The summed E-state index contributed by atoms with van der Waals surface area (Å²) in [6, 6.07) is 7.89. The van der Waals surface area contributed by atoms with Gasteiger partial charge in [0.05, 0.1) is 13.4 Å². The van der Waals surface area contributed by atoms with Crippen molar-refractivity contribution in [2.75, 3.05) is 38.2 Å². The molecule has 0 fully saturated rings. The molecule has 0 spiro atoms. The summed E-state index contributed by atoms with van der Waals surface area (Å²) in [5.41, 5.74) is 6.34. The predicted octanol–water partition coefficient (Wildman–Crippen LogP) is 1.75. The van der Waals surface area contributed by atoms with Crippen molar-refractivity contribution in [2.24, 2.45) is 0 Å². The number of hydrogen-bond acceptors (Lipinski definition) is 6. The third-order valence-electron chi connectivity index (χ3n) is 4.85. The molecule has 2 aromatic heterocycles. The van der Waals surface area contributed by atoms with Crippen LogP contribution in [-0.4, -0.2) is 53.2 Å². The van der Waals surface area contributed by atoms with Crippen molar-refractivity contribution in [3.05, 3.63) is 41.7 Å². The number of anilines is 1. The number of aromatic amines is 1. The van der Waals surface area contributed by atoms with Gasteiger partial charge < -0.3 is 19.9 Å². The number of benzene rings is 1. The van der Waals surface area contributed by atoms with Gasteiger partial charge in [0.2, 0.25) is 5.95 Å². The third kappa shape index (κ3) is 2.35. The Bertz CT molecular complexity index is 959. The van der Waals surface area contributed by atoms with E-state index in [0.717, 1.165) is 60.3 Å². The summed E-state index contributed by atoms with van der Waals surface area (Å²) < 4.78 is 5.25. The van der Waals surface area contributed by atoms with Crippen LogP contribution in [0.1, 0.15) is 0 Å². The van der Waals surface area contributed by atoms with Gasteiger partial charge in [-0.15, -0.1) is 0 Å². The maximum absolute atomic E-state index is 5.25. The van der Waals surface area contributed by atoms with E-state index in [1.165, 1.54) is 11.1 Å². The molecule has 7 heteroatoms. The number of ether oxygens (including phenoxy) is 1. The Morgan fingerprint density at radius 3 is 2.52 bits per heavy atom. The number of methoxy groups -OCH3 is 1. The first-order chi connectivity index (χ1) is 12.3. The fourth-order valence-electron chi connectivity index (χ4n) is 3.52. The van der Waals surface area contributed by atoms with Gasteiger partial charge in [-0.25, -0.2) is 9.97 Å². The van der Waals surface area contributed by atoms with Gasteiger partial charge in [0, 0.05) is 31.7 Å². The lowest BCUT2D eigenvalue weighted by Crippen LogP contribution is -2.28. The molecule has 4 heterocycles. The average Bonchev–Trinajstić information content (AvgIpc) is 3.36. The highest BCUT2D eigenvalue weighted by atomic mass is 16.5. The van der Waals surface area contributed by atoms with Crippen LogP contribution < -0.4 is 15.0 Å². The Hall–Kier alpha value is -2.93. The van der Waals surface area contributed by atoms with Gasteiger partial charge in [-0.3, -0.25) is 0 Å². The van der Waals surface area contributed by atoms with Gasteiger partial charge in [-0.05, 0) is 35.4 Å². The van der Waals surface area contributed by atoms with E-state index in [9.17, 15) is 0 Å². The number of nitrogens with zero attached hydrogens (tertiary/aromatic N) is 4. The number of H-pyrrole nitrogens is 1. The van der Waals surface area contributed by atoms with Crippen molar-refractivity contribution in [3.63, 3.8) is 0 Å². The standard InChI is InChI=1S/C18H18N6O/c1-25-14-4-2-11(3-5-14)15-16-17(21-10-20-16)23-18(22-15)24-8-12-6-19-7-13(12)9-24/h2-5,10,19H,6-9H2,1H3,(H,20,21,22,23). The van der Waals surface area contributed by atoms with E-state index in [-0.39, 0.29) is 0 Å². The Kier molecular flexibility index (Phi) is 3.21. The molecule has 5 rings (SSSR count). The topological polar surface area (TPSA) is 79.0 Å². The minimum atomic E-state index is 0.747. The van der Waals surface area contributed by atoms with E-state index in [0.29, 0.717) is 0 Å². The summed E-state index contributed by atoms with van der Waals surface area (Å²) in [6.45, 7) is 3.74. The van der Waals surface area contributed by atoms with E-state index < -0.39 is 0 Å². The van der Waals surface area contributed by atoms with Crippen LogP contribution in [0.25, 0.3) is 22.4 Å². The molecule has 25 heavy (non-hydrogen) atoms. The van der Waals surface area contributed by atoms with Crippen LogP contribution in [0.3, 0.4) is 0 Å². The van der Waals surface area contributed by atoms with Gasteiger partial charge in [-0.2, -0.15) is 4.98 Å². The average molecular weight is 334 g/mol. The molecule has 0 aliphatic carbocycles. The largest absolute Gasteiger partial charge is 0.497 e. The molecule has 7 nitrogen and oxygen atoms in total. The summed E-state index contributed by atoms with van der Waals surface area (Å²) in [5, 5.41) is 3.40. The molecule has 0 amide bonds. The molecule has 2 aliphatic rings. The van der Waals surface area contributed by atoms with Crippen molar-refractivity contribution in [2.45, 2.75) is 0 Å². The van der Waals surface area contributed by atoms with Crippen LogP contribution in [0.2, 0.25) is 0 Å². The number of nitrogens with one attached hydrogen (secondary N) is 2. The predicted molar refractivity (Wildman–Crippen MR) is 95.8 cm³/mol. The quantitative estimate of drug-likeness (QED) is 0.711. The Morgan fingerprint density at radius 1 is 1.04 bits per heavy atom. The van der Waals surface area contributed by atoms with E-state index in [4.69, 9.17) is 9.72 Å². The highest BCUT2D eigenvalue weighted by Gasteiger charge is 2.27. The summed E-state index contributed by atoms with van der Waals surface area (Å²) in [4.78, 5) is 19.3. The molecule has 3 aromatic rings. The van der Waals surface area contributed by atoms with Crippen LogP contribution in [-0.2, 0) is 0 Å². The zero-order valence-corrected chi connectivity index (χ0v) is 13.9. The Labute approximate surface area is 144 Å². The van der Waals surface area contributed by atoms with E-state index >= 15 is 0 Å². The monoisotopic (exact) mass is 334 g/mol. The number of fused-ring (bicyclic) bond motifs is 1. The Morgan fingerprint density at radius 2 is 1.80 bits per heavy atom. The summed E-state index contributed by atoms with van der Waals surface area (Å²) >= 11 is 0. The molecule has 0 saturated heterocycles. The van der Waals surface area contributed by atoms with Crippen molar-refractivity contribution in [1.29, 1.82) is 0 Å². The number of imidazole rings is 1. The molecule has 0 atom stereocenters. The first-order valence-electron chi connectivity index (χ1n) is 8.33. The van der Waals surface area contributed by atoms with Crippen molar-refractivity contribution in [3.8, 4) is 17.0 Å². The van der Waals surface area contributed by atoms with Gasteiger partial charge in [0.1, 0.15) is 17.0 Å². The molecular weight excluding hydrogens is 316 g/mol. The highest BCUT2D eigenvalue weighted by Crippen LogP contribution is 2.30. The van der Waals surface area contributed by atoms with Crippen LogP contribution in [0.5, 0.6) is 5.75 Å². The van der Waals surface area contributed by atoms with Gasteiger partial charge in [0.25, 0.3) is 0 Å². The first kappa shape index (κ1) is 14.4. The van der Waals surface area contributed by atoms with Gasteiger partial charge in [0.15, 0.2) is 5.65 Å². The maximum atomic E-state index is 5.25. The van der Waals surface area contributed by atoms with Crippen LogP contribution >= 0.6 is 0 Å². The fourth-order valence-corrected chi connectivity index (χ4v) is 3.52.